The van der Waals surface area contributed by atoms with Crippen LogP contribution in [0.2, 0.25) is 0 Å². The van der Waals surface area contributed by atoms with Crippen molar-refractivity contribution >= 4 is 31.6 Å². The number of carbonyl (C=O) groups excluding carboxylic acids is 4. The van der Waals surface area contributed by atoms with Crippen LogP contribution < -0.4 is 5.32 Å². The SMILES string of the molecule is CCCCCCCCCCC[C@H](CC(=O)N[C@@H]1[C@@H](OC(=O)C[C@@H](CCCCCCCCCCC)OC(=O)CCCCCCCCC)[C@H](O)[C@@H](COP(=O)(O)O)O[C@H]1O)OC(=O)CCCCCCCCC. The number of esters is 3. The minimum Gasteiger partial charge on any atom is -0.462 e. The molecule has 1 aliphatic rings. The van der Waals surface area contributed by atoms with Gasteiger partial charge in [-0.15, -0.1) is 0 Å². The van der Waals surface area contributed by atoms with Gasteiger partial charge in [0.2, 0.25) is 5.91 Å². The van der Waals surface area contributed by atoms with Crippen LogP contribution in [0.25, 0.3) is 0 Å². The Labute approximate surface area is 424 Å². The van der Waals surface area contributed by atoms with E-state index in [9.17, 15) is 43.7 Å². The van der Waals surface area contributed by atoms with Crippen LogP contribution in [-0.4, -0.2) is 93.3 Å². The van der Waals surface area contributed by atoms with Crippen LogP contribution in [0.5, 0.6) is 0 Å². The monoisotopic (exact) mass is 1020 g/mol. The Kier molecular flexibility index (Phi) is 40.7. The predicted molar refractivity (Wildman–Crippen MR) is 275 cm³/mol. The van der Waals surface area contributed by atoms with Crippen LogP contribution in [0.4, 0.5) is 0 Å². The molecule has 16 heteroatoms. The van der Waals surface area contributed by atoms with Gasteiger partial charge in [-0.2, -0.15) is 0 Å². The molecule has 1 saturated heterocycles. The summed E-state index contributed by atoms with van der Waals surface area (Å²) in [7, 11) is -5.04. The van der Waals surface area contributed by atoms with E-state index in [0.717, 1.165) is 103 Å². The van der Waals surface area contributed by atoms with Crippen LogP contribution in [0, 0.1) is 0 Å². The maximum atomic E-state index is 13.8. The molecule has 1 heterocycles. The molecule has 0 radical (unpaired) electrons. The van der Waals surface area contributed by atoms with E-state index in [0.29, 0.717) is 32.1 Å². The highest BCUT2D eigenvalue weighted by molar-refractivity contribution is 7.46. The fourth-order valence-corrected chi connectivity index (χ4v) is 9.43. The molecule has 1 aliphatic heterocycles. The number of amides is 1. The molecule has 0 aromatic rings. The normalized spacial score (nSPS) is 19.1. The van der Waals surface area contributed by atoms with Crippen molar-refractivity contribution in [1.29, 1.82) is 0 Å². The molecule has 15 nitrogen and oxygen atoms in total. The van der Waals surface area contributed by atoms with Gasteiger partial charge in [0.25, 0.3) is 0 Å². The molecule has 7 atom stereocenters. The van der Waals surface area contributed by atoms with Crippen molar-refractivity contribution < 1.29 is 67.2 Å². The van der Waals surface area contributed by atoms with Gasteiger partial charge in [-0.1, -0.05) is 207 Å². The third kappa shape index (κ3) is 35.9. The smallest absolute Gasteiger partial charge is 0.462 e. The van der Waals surface area contributed by atoms with E-state index in [1.807, 2.05) is 0 Å². The first-order chi connectivity index (χ1) is 33.7. The topological polar surface area (TPSA) is 224 Å². The van der Waals surface area contributed by atoms with E-state index in [2.05, 4.69) is 37.5 Å². The Bertz CT molecular complexity index is 1370. The maximum absolute atomic E-state index is 13.8. The molecule has 0 spiro atoms. The van der Waals surface area contributed by atoms with Crippen LogP contribution in [0.1, 0.15) is 272 Å². The van der Waals surface area contributed by atoms with Crippen LogP contribution >= 0.6 is 7.82 Å². The first-order valence-electron chi connectivity index (χ1n) is 28.3. The highest BCUT2D eigenvalue weighted by Crippen LogP contribution is 2.37. The van der Waals surface area contributed by atoms with Crippen molar-refractivity contribution in [1.82, 2.24) is 5.32 Å². The molecule has 412 valence electrons. The van der Waals surface area contributed by atoms with Crippen molar-refractivity contribution in [2.45, 2.75) is 315 Å². The van der Waals surface area contributed by atoms with Crippen LogP contribution in [0.3, 0.4) is 0 Å². The molecule has 1 rings (SSSR count). The number of phosphoric ester groups is 1. The number of ether oxygens (including phenoxy) is 4. The van der Waals surface area contributed by atoms with Gasteiger partial charge in [-0.25, -0.2) is 4.57 Å². The summed E-state index contributed by atoms with van der Waals surface area (Å²) in [4.78, 5) is 72.6. The molecular weight excluding hydrogens is 918 g/mol. The Morgan fingerprint density at radius 3 is 1.26 bits per heavy atom. The largest absolute Gasteiger partial charge is 0.469 e. The maximum Gasteiger partial charge on any atom is 0.469 e. The minimum absolute atomic E-state index is 0.214. The van der Waals surface area contributed by atoms with E-state index in [4.69, 9.17) is 18.9 Å². The third-order valence-electron chi connectivity index (χ3n) is 13.3. The third-order valence-corrected chi connectivity index (χ3v) is 13.8. The van der Waals surface area contributed by atoms with Gasteiger partial charge in [0, 0.05) is 12.8 Å². The fraction of sp³-hybridized carbons (Fsp3) is 0.926. The second kappa shape index (κ2) is 43.3. The number of rotatable bonds is 47. The number of aliphatic hydroxyl groups excluding tert-OH is 2. The molecule has 1 amide bonds. The lowest BCUT2D eigenvalue weighted by Gasteiger charge is -2.42. The van der Waals surface area contributed by atoms with Crippen molar-refractivity contribution in [3.05, 3.63) is 0 Å². The Morgan fingerprint density at radius 1 is 0.514 bits per heavy atom. The molecule has 5 N–H and O–H groups in total. The highest BCUT2D eigenvalue weighted by Gasteiger charge is 2.48. The van der Waals surface area contributed by atoms with Crippen LogP contribution in [0.15, 0.2) is 0 Å². The number of hydrogen-bond acceptors (Lipinski definition) is 12. The van der Waals surface area contributed by atoms with Gasteiger partial charge in [-0.3, -0.25) is 23.7 Å². The summed E-state index contributed by atoms with van der Waals surface area (Å²) in [5.41, 5.74) is 0. The summed E-state index contributed by atoms with van der Waals surface area (Å²) in [5.74, 6) is -2.33. The lowest BCUT2D eigenvalue weighted by molar-refractivity contribution is -0.258. The molecule has 0 aromatic heterocycles. The number of nitrogens with one attached hydrogen (secondary N) is 1. The number of aliphatic hydroxyl groups is 2. The van der Waals surface area contributed by atoms with Crippen molar-refractivity contribution in [3.63, 3.8) is 0 Å². The van der Waals surface area contributed by atoms with E-state index < -0.39 is 81.1 Å². The Morgan fingerprint density at radius 2 is 0.871 bits per heavy atom. The lowest BCUT2D eigenvalue weighted by Crippen LogP contribution is -2.65. The number of phosphoric acid groups is 1. The zero-order chi connectivity index (χ0) is 51.7. The molecule has 70 heavy (non-hydrogen) atoms. The number of unbranched alkanes of at least 4 members (excludes halogenated alkanes) is 28. The van der Waals surface area contributed by atoms with Crippen molar-refractivity contribution in [3.8, 4) is 0 Å². The zero-order valence-electron chi connectivity index (χ0n) is 44.4. The summed E-state index contributed by atoms with van der Waals surface area (Å²) < 4.78 is 39.3. The van der Waals surface area contributed by atoms with Gasteiger partial charge < -0.3 is 44.3 Å². The van der Waals surface area contributed by atoms with Gasteiger partial charge in [-0.05, 0) is 38.5 Å². The second-order valence-electron chi connectivity index (χ2n) is 20.0. The minimum atomic E-state index is -5.04. The molecule has 0 aliphatic carbocycles. The number of hydrogen-bond donors (Lipinski definition) is 5. The summed E-state index contributed by atoms with van der Waals surface area (Å²) >= 11 is 0. The van der Waals surface area contributed by atoms with Gasteiger partial charge in [0.05, 0.1) is 19.4 Å². The first kappa shape index (κ1) is 65.9. The zero-order valence-corrected chi connectivity index (χ0v) is 45.3. The van der Waals surface area contributed by atoms with Gasteiger partial charge in [0.1, 0.15) is 30.5 Å². The van der Waals surface area contributed by atoms with Gasteiger partial charge >= 0.3 is 25.7 Å². The average molecular weight is 1020 g/mol. The lowest BCUT2D eigenvalue weighted by atomic mass is 9.96. The van der Waals surface area contributed by atoms with E-state index in [1.165, 1.54) is 83.5 Å². The fourth-order valence-electron chi connectivity index (χ4n) is 9.09. The molecule has 0 saturated carbocycles. The molecular formula is C54H102NO14P. The summed E-state index contributed by atoms with van der Waals surface area (Å²) in [6, 6.07) is -1.54. The van der Waals surface area contributed by atoms with E-state index in [-0.39, 0.29) is 25.7 Å². The summed E-state index contributed by atoms with van der Waals surface area (Å²) in [5, 5.41) is 25.4. The Hall–Kier alpha value is -2.13. The second-order valence-corrected chi connectivity index (χ2v) is 21.2. The van der Waals surface area contributed by atoms with Crippen molar-refractivity contribution in [2.24, 2.45) is 0 Å². The molecule has 0 unspecified atom stereocenters. The van der Waals surface area contributed by atoms with Gasteiger partial charge in [0.15, 0.2) is 12.4 Å². The standard InChI is InChI=1S/C54H102NO14P/c1-5-9-13-17-21-23-27-29-33-37-44(66-48(57)39-35-31-25-19-15-11-7-3)41-47(56)55-51-53(52(60)46(68-54(51)61)43-65-70(62,63)64)69-50(59)42-45(38-34-30-28-24-22-18-14-10-6-2)67-49(58)40-36-32-26-20-16-12-8-4/h44-46,51-54,60-61H,5-43H2,1-4H3,(H,55,56)(H2,62,63,64)/t44-,45-,46-,51-,52-,53-,54-/m1/s1. The van der Waals surface area contributed by atoms with Crippen molar-refractivity contribution in [2.75, 3.05) is 6.61 Å². The highest BCUT2D eigenvalue weighted by atomic mass is 31.2. The van der Waals surface area contributed by atoms with E-state index in [1.54, 1.807) is 0 Å². The number of carbonyl (C=O) groups is 4. The van der Waals surface area contributed by atoms with E-state index >= 15 is 0 Å². The summed E-state index contributed by atoms with van der Waals surface area (Å²) in [6.07, 6.45) is 26.1. The molecule has 0 aromatic carbocycles. The van der Waals surface area contributed by atoms with Crippen LogP contribution in [-0.2, 0) is 47.2 Å². The summed E-state index contributed by atoms with van der Waals surface area (Å²) in [6.45, 7) is 7.85. The molecule has 0 bridgehead atoms. The predicted octanol–water partition coefficient (Wildman–Crippen LogP) is 12.3. The quantitative estimate of drug-likeness (QED) is 0.0166. The average Bonchev–Trinajstić information content (AvgIpc) is 3.31. The molecule has 1 fully saturated rings. The Balaban J connectivity index is 3.16. The first-order valence-corrected chi connectivity index (χ1v) is 29.9.